The zero-order chi connectivity index (χ0) is 14.8. The third kappa shape index (κ3) is 11.1. The smallest absolute Gasteiger partial charge is 0.0540 e. The summed E-state index contributed by atoms with van der Waals surface area (Å²) in [6, 6.07) is 0. The van der Waals surface area contributed by atoms with Gasteiger partial charge < -0.3 is 26.6 Å². The van der Waals surface area contributed by atoms with Crippen molar-refractivity contribution in [3.05, 3.63) is 0 Å². The van der Waals surface area contributed by atoms with Crippen molar-refractivity contribution >= 4 is 0 Å². The molecule has 5 nitrogen and oxygen atoms in total. The molecule has 0 spiro atoms. The Hall–Kier alpha value is -0.200. The van der Waals surface area contributed by atoms with Gasteiger partial charge in [0.2, 0.25) is 0 Å². The number of hydrogen-bond acceptors (Lipinski definition) is 5. The van der Waals surface area contributed by atoms with Gasteiger partial charge in [-0.1, -0.05) is 0 Å². The molecule has 4 rings (SSSR count). The quantitative estimate of drug-likeness (QED) is 0.471. The van der Waals surface area contributed by atoms with Gasteiger partial charge >= 0.3 is 0 Å². The average molecular weight is 305 g/mol. The summed E-state index contributed by atoms with van der Waals surface area (Å²) >= 11 is 0. The van der Waals surface area contributed by atoms with Crippen LogP contribution in [0.25, 0.3) is 0 Å². The fourth-order valence-electron chi connectivity index (χ4n) is 1.55. The second kappa shape index (κ2) is 12.4. The maximum Gasteiger partial charge on any atom is 0.0540 e. The van der Waals surface area contributed by atoms with Crippen LogP contribution in [0.1, 0.15) is 77.0 Å². The summed E-state index contributed by atoms with van der Waals surface area (Å²) in [7, 11) is 0. The van der Waals surface area contributed by atoms with Crippen molar-refractivity contribution < 1.29 is 20.4 Å². The van der Waals surface area contributed by atoms with Gasteiger partial charge in [0.15, 0.2) is 0 Å². The molecule has 0 bridgehead atoms. The van der Waals surface area contributed by atoms with E-state index in [0.29, 0.717) is 0 Å². The van der Waals surface area contributed by atoms with E-state index in [1.165, 1.54) is 25.7 Å². The van der Waals surface area contributed by atoms with Crippen molar-refractivity contribution in [3.8, 4) is 0 Å². The summed E-state index contributed by atoms with van der Waals surface area (Å²) in [4.78, 5) is 0. The summed E-state index contributed by atoms with van der Waals surface area (Å²) in [6.45, 7) is 0. The SMILES string of the molecule is N.OC1CCC1.OC1CCC1.OC1CCC1.OC1CCC1. The van der Waals surface area contributed by atoms with Gasteiger partial charge in [0, 0.05) is 0 Å². The molecule has 0 aliphatic heterocycles. The number of hydrogen-bond donors (Lipinski definition) is 5. The molecule has 0 aromatic rings. The largest absolute Gasteiger partial charge is 0.393 e. The fourth-order valence-corrected chi connectivity index (χ4v) is 1.55. The van der Waals surface area contributed by atoms with E-state index in [2.05, 4.69) is 0 Å². The van der Waals surface area contributed by atoms with Gasteiger partial charge in [-0.2, -0.15) is 0 Å². The summed E-state index contributed by atoms with van der Waals surface area (Å²) in [5.41, 5.74) is 0. The van der Waals surface area contributed by atoms with Crippen LogP contribution in [-0.2, 0) is 0 Å². The number of aliphatic hydroxyl groups excluding tert-OH is 4. The third-order valence-electron chi connectivity index (χ3n) is 4.30. The Morgan fingerprint density at radius 3 is 0.476 bits per heavy atom. The molecule has 0 unspecified atom stereocenters. The first-order valence-electron chi connectivity index (χ1n) is 8.30. The predicted molar refractivity (Wildman–Crippen MR) is 84.5 cm³/mol. The highest BCUT2D eigenvalue weighted by atomic mass is 16.3. The van der Waals surface area contributed by atoms with Crippen LogP contribution in [0.4, 0.5) is 0 Å². The van der Waals surface area contributed by atoms with Crippen LogP contribution in [-0.4, -0.2) is 44.8 Å². The van der Waals surface area contributed by atoms with Crippen LogP contribution in [0.15, 0.2) is 0 Å². The third-order valence-corrected chi connectivity index (χ3v) is 4.30. The maximum absolute atomic E-state index is 8.45. The van der Waals surface area contributed by atoms with Crippen molar-refractivity contribution in [2.75, 3.05) is 0 Å². The lowest BCUT2D eigenvalue weighted by atomic mass is 9.97. The van der Waals surface area contributed by atoms with E-state index < -0.39 is 0 Å². The second-order valence-corrected chi connectivity index (χ2v) is 6.34. The molecule has 0 atom stereocenters. The summed E-state index contributed by atoms with van der Waals surface area (Å²) in [6.07, 6.45) is 13.5. The summed E-state index contributed by atoms with van der Waals surface area (Å²) < 4.78 is 0. The highest BCUT2D eigenvalue weighted by molar-refractivity contribution is 4.66. The lowest BCUT2D eigenvalue weighted by Crippen LogP contribution is -2.15. The van der Waals surface area contributed by atoms with Crippen molar-refractivity contribution in [1.29, 1.82) is 0 Å². The minimum Gasteiger partial charge on any atom is -0.393 e. The van der Waals surface area contributed by atoms with Gasteiger partial charge in [0.1, 0.15) is 0 Å². The van der Waals surface area contributed by atoms with Crippen LogP contribution in [0.5, 0.6) is 0 Å². The first-order chi connectivity index (χ1) is 9.58. The maximum atomic E-state index is 8.45. The van der Waals surface area contributed by atoms with E-state index in [4.69, 9.17) is 20.4 Å². The molecule has 4 saturated carbocycles. The standard InChI is InChI=1S/4C4H8O.H3N/c4*5-4-2-1-3-4;/h4*4-5H,1-3H2;1H3. The topological polar surface area (TPSA) is 116 Å². The Kier molecular flexibility index (Phi) is 12.2. The molecule has 4 fully saturated rings. The molecule has 0 aromatic heterocycles. The Bertz CT molecular complexity index is 176. The molecule has 4 aliphatic rings. The van der Waals surface area contributed by atoms with Crippen LogP contribution < -0.4 is 6.15 Å². The van der Waals surface area contributed by atoms with Crippen molar-refractivity contribution in [1.82, 2.24) is 6.15 Å². The van der Waals surface area contributed by atoms with E-state index in [-0.39, 0.29) is 30.6 Å². The lowest BCUT2D eigenvalue weighted by molar-refractivity contribution is 0.0947. The molecule has 0 amide bonds. The molecule has 0 radical (unpaired) electrons. The highest BCUT2D eigenvalue weighted by Crippen LogP contribution is 2.17. The zero-order valence-corrected chi connectivity index (χ0v) is 13.3. The van der Waals surface area contributed by atoms with Gasteiger partial charge in [0.05, 0.1) is 24.4 Å². The van der Waals surface area contributed by atoms with E-state index in [1.54, 1.807) is 0 Å². The Morgan fingerprint density at radius 1 is 0.381 bits per heavy atom. The van der Waals surface area contributed by atoms with Crippen LogP contribution >= 0.6 is 0 Å². The molecule has 0 saturated heterocycles. The molecule has 128 valence electrons. The van der Waals surface area contributed by atoms with Gasteiger partial charge in [-0.15, -0.1) is 0 Å². The van der Waals surface area contributed by atoms with Gasteiger partial charge in [-0.3, -0.25) is 0 Å². The predicted octanol–water partition coefficient (Wildman–Crippen LogP) is 2.29. The monoisotopic (exact) mass is 305 g/mol. The van der Waals surface area contributed by atoms with Gasteiger partial charge in [0.25, 0.3) is 0 Å². The van der Waals surface area contributed by atoms with E-state index >= 15 is 0 Å². The molecule has 7 N–H and O–H groups in total. The Labute approximate surface area is 129 Å². The average Bonchev–Trinajstić information content (AvgIpc) is 2.31. The summed E-state index contributed by atoms with van der Waals surface area (Å²) in [5.74, 6) is 0. The lowest BCUT2D eigenvalue weighted by Gasteiger charge is -2.17. The van der Waals surface area contributed by atoms with Gasteiger partial charge in [-0.25, -0.2) is 0 Å². The van der Waals surface area contributed by atoms with Crippen LogP contribution in [0, 0.1) is 0 Å². The van der Waals surface area contributed by atoms with Crippen molar-refractivity contribution in [2.45, 2.75) is 101 Å². The molecular weight excluding hydrogens is 270 g/mol. The molecule has 5 heteroatoms. The second-order valence-electron chi connectivity index (χ2n) is 6.34. The minimum absolute atomic E-state index is 0. The molecule has 21 heavy (non-hydrogen) atoms. The van der Waals surface area contributed by atoms with Gasteiger partial charge in [-0.05, 0) is 77.0 Å². The Morgan fingerprint density at radius 2 is 0.476 bits per heavy atom. The van der Waals surface area contributed by atoms with Crippen LogP contribution in [0.2, 0.25) is 0 Å². The molecule has 4 aliphatic carbocycles. The van der Waals surface area contributed by atoms with Crippen LogP contribution in [0.3, 0.4) is 0 Å². The highest BCUT2D eigenvalue weighted by Gasteiger charge is 2.12. The molecule has 0 aromatic carbocycles. The van der Waals surface area contributed by atoms with Crippen molar-refractivity contribution in [3.63, 3.8) is 0 Å². The first kappa shape index (κ1) is 20.8. The van der Waals surface area contributed by atoms with E-state index in [1.807, 2.05) is 0 Å². The van der Waals surface area contributed by atoms with E-state index in [9.17, 15) is 0 Å². The summed E-state index contributed by atoms with van der Waals surface area (Å²) in [5, 5.41) is 33.8. The normalized spacial score (nSPS) is 24.6. The number of aliphatic hydroxyl groups is 4. The molecule has 0 heterocycles. The Balaban J connectivity index is 0.000000250. The molecular formula is C16H35NO4. The first-order valence-corrected chi connectivity index (χ1v) is 8.30. The van der Waals surface area contributed by atoms with E-state index in [0.717, 1.165) is 51.4 Å². The minimum atomic E-state index is 0. The fraction of sp³-hybridized carbons (Fsp3) is 1.00. The van der Waals surface area contributed by atoms with Crippen molar-refractivity contribution in [2.24, 2.45) is 0 Å². The zero-order valence-electron chi connectivity index (χ0n) is 13.3. The number of rotatable bonds is 0.